The molecule has 1 saturated carbocycles. The minimum atomic E-state index is -0.319. The number of benzene rings is 1. The highest BCUT2D eigenvalue weighted by Gasteiger charge is 2.28. The minimum absolute atomic E-state index is 0.270. The van der Waals surface area contributed by atoms with Gasteiger partial charge in [-0.2, -0.15) is 0 Å². The van der Waals surface area contributed by atoms with Gasteiger partial charge in [0.15, 0.2) is 0 Å². The van der Waals surface area contributed by atoms with Gasteiger partial charge in [0, 0.05) is 18.4 Å². The zero-order valence-electron chi connectivity index (χ0n) is 8.41. The molecule has 3 heteroatoms. The molecule has 0 heterocycles. The summed E-state index contributed by atoms with van der Waals surface area (Å²) in [6, 6.07) is 5.96. The molecule has 0 N–H and O–H groups in total. The van der Waals surface area contributed by atoms with Gasteiger partial charge in [-0.05, 0) is 25.0 Å². The van der Waals surface area contributed by atoms with Crippen molar-refractivity contribution < 1.29 is 13.9 Å². The maximum Gasteiger partial charge on any atom is 0.139 e. The summed E-state index contributed by atoms with van der Waals surface area (Å²) in [7, 11) is 0. The molecule has 80 valence electrons. The van der Waals surface area contributed by atoms with E-state index in [2.05, 4.69) is 0 Å². The average Bonchev–Trinajstić information content (AvgIpc) is 3.00. The molecule has 0 saturated heterocycles. The number of hydrogen-bond acceptors (Lipinski definition) is 2. The highest BCUT2D eigenvalue weighted by atomic mass is 19.1. The number of carbonyl (C=O) groups excluding carboxylic acids is 1. The van der Waals surface area contributed by atoms with Gasteiger partial charge in [-0.25, -0.2) is 4.39 Å². The summed E-state index contributed by atoms with van der Waals surface area (Å²) in [5.74, 6) is 0.715. The quantitative estimate of drug-likeness (QED) is 0.743. The summed E-state index contributed by atoms with van der Waals surface area (Å²) in [5.41, 5.74) is 0. The molecule has 1 aliphatic carbocycles. The summed E-state index contributed by atoms with van der Waals surface area (Å²) in [5, 5.41) is 0. The molecular weight excluding hydrogens is 195 g/mol. The summed E-state index contributed by atoms with van der Waals surface area (Å²) in [4.78, 5) is 11.3. The zero-order valence-corrected chi connectivity index (χ0v) is 8.41. The van der Waals surface area contributed by atoms with E-state index in [1.165, 1.54) is 12.1 Å². The van der Waals surface area contributed by atoms with Crippen LogP contribution in [-0.2, 0) is 4.79 Å². The second-order valence-corrected chi connectivity index (χ2v) is 3.80. The Bertz CT molecular complexity index is 358. The first-order valence-electron chi connectivity index (χ1n) is 5.17. The van der Waals surface area contributed by atoms with Gasteiger partial charge in [-0.15, -0.1) is 0 Å². The van der Waals surface area contributed by atoms with E-state index in [0.717, 1.165) is 12.8 Å². The molecule has 1 aliphatic rings. The van der Waals surface area contributed by atoms with Crippen LogP contribution in [0.15, 0.2) is 24.3 Å². The van der Waals surface area contributed by atoms with E-state index in [-0.39, 0.29) is 17.5 Å². The van der Waals surface area contributed by atoms with Crippen molar-refractivity contribution in [2.24, 2.45) is 5.92 Å². The van der Waals surface area contributed by atoms with Crippen molar-refractivity contribution >= 4 is 5.78 Å². The molecule has 0 bridgehead atoms. The number of carbonyl (C=O) groups is 1. The van der Waals surface area contributed by atoms with Crippen molar-refractivity contribution in [1.82, 2.24) is 0 Å². The van der Waals surface area contributed by atoms with Gasteiger partial charge in [0.2, 0.25) is 0 Å². The lowest BCUT2D eigenvalue weighted by atomic mass is 10.2. The van der Waals surface area contributed by atoms with Crippen LogP contribution in [0.3, 0.4) is 0 Å². The first-order valence-corrected chi connectivity index (χ1v) is 5.17. The van der Waals surface area contributed by atoms with Crippen LogP contribution in [0.25, 0.3) is 0 Å². The van der Waals surface area contributed by atoms with Crippen molar-refractivity contribution in [2.75, 3.05) is 6.61 Å². The number of ketones is 1. The molecule has 1 aromatic carbocycles. The Morgan fingerprint density at radius 2 is 2.27 bits per heavy atom. The molecule has 0 aliphatic heterocycles. The second kappa shape index (κ2) is 4.43. The molecule has 1 fully saturated rings. The van der Waals surface area contributed by atoms with Gasteiger partial charge in [-0.3, -0.25) is 4.79 Å². The smallest absolute Gasteiger partial charge is 0.139 e. The Morgan fingerprint density at radius 1 is 1.47 bits per heavy atom. The van der Waals surface area contributed by atoms with Crippen molar-refractivity contribution in [3.05, 3.63) is 30.1 Å². The maximum absolute atomic E-state index is 12.7. The van der Waals surface area contributed by atoms with E-state index < -0.39 is 0 Å². The highest BCUT2D eigenvalue weighted by molar-refractivity contribution is 5.83. The van der Waals surface area contributed by atoms with Gasteiger partial charge in [-0.1, -0.05) is 6.07 Å². The predicted octanol–water partition coefficient (Wildman–Crippen LogP) is 2.57. The molecule has 0 amide bonds. The number of halogens is 1. The van der Waals surface area contributed by atoms with E-state index in [0.29, 0.717) is 18.8 Å². The lowest BCUT2D eigenvalue weighted by Crippen LogP contribution is -2.07. The Hall–Kier alpha value is -1.38. The molecule has 0 aromatic heterocycles. The van der Waals surface area contributed by atoms with Gasteiger partial charge >= 0.3 is 0 Å². The minimum Gasteiger partial charge on any atom is -0.493 e. The fourth-order valence-corrected chi connectivity index (χ4v) is 1.44. The second-order valence-electron chi connectivity index (χ2n) is 3.80. The molecule has 0 spiro atoms. The normalized spacial score (nSPS) is 15.0. The summed E-state index contributed by atoms with van der Waals surface area (Å²) >= 11 is 0. The SMILES string of the molecule is O=C(CCOc1cccc(F)c1)C1CC1. The number of Topliss-reactive ketones (excluding diaryl/α,β-unsaturated/α-hetero) is 1. The van der Waals surface area contributed by atoms with Crippen LogP contribution in [0.1, 0.15) is 19.3 Å². The van der Waals surface area contributed by atoms with Crippen molar-refractivity contribution in [2.45, 2.75) is 19.3 Å². The van der Waals surface area contributed by atoms with E-state index >= 15 is 0 Å². The van der Waals surface area contributed by atoms with Crippen molar-refractivity contribution in [1.29, 1.82) is 0 Å². The Balaban J connectivity index is 1.75. The van der Waals surface area contributed by atoms with Crippen molar-refractivity contribution in [3.63, 3.8) is 0 Å². The van der Waals surface area contributed by atoms with Crippen LogP contribution in [0.5, 0.6) is 5.75 Å². The van der Waals surface area contributed by atoms with Crippen LogP contribution in [-0.4, -0.2) is 12.4 Å². The summed E-state index contributed by atoms with van der Waals surface area (Å²) < 4.78 is 18.0. The standard InChI is InChI=1S/C12H13FO2/c13-10-2-1-3-11(8-10)15-7-6-12(14)9-4-5-9/h1-3,8-9H,4-7H2. The predicted molar refractivity (Wildman–Crippen MR) is 54.2 cm³/mol. The largest absolute Gasteiger partial charge is 0.493 e. The van der Waals surface area contributed by atoms with Crippen LogP contribution in [0.4, 0.5) is 4.39 Å². The van der Waals surface area contributed by atoms with Gasteiger partial charge in [0.05, 0.1) is 6.61 Å². The van der Waals surface area contributed by atoms with E-state index in [1.807, 2.05) is 0 Å². The lowest BCUT2D eigenvalue weighted by Gasteiger charge is -2.04. The molecule has 0 unspecified atom stereocenters. The maximum atomic E-state index is 12.7. The van der Waals surface area contributed by atoms with Crippen LogP contribution < -0.4 is 4.74 Å². The van der Waals surface area contributed by atoms with E-state index in [9.17, 15) is 9.18 Å². The van der Waals surface area contributed by atoms with Crippen LogP contribution in [0.2, 0.25) is 0 Å². The van der Waals surface area contributed by atoms with E-state index in [4.69, 9.17) is 4.74 Å². The number of hydrogen-bond donors (Lipinski definition) is 0. The van der Waals surface area contributed by atoms with Crippen molar-refractivity contribution in [3.8, 4) is 5.75 Å². The molecule has 1 aromatic rings. The first kappa shape index (κ1) is 10.1. The molecule has 2 rings (SSSR count). The first-order chi connectivity index (χ1) is 7.25. The fourth-order valence-electron chi connectivity index (χ4n) is 1.44. The van der Waals surface area contributed by atoms with Crippen LogP contribution >= 0.6 is 0 Å². The summed E-state index contributed by atoms with van der Waals surface area (Å²) in [6.07, 6.45) is 2.48. The van der Waals surface area contributed by atoms with E-state index in [1.54, 1.807) is 12.1 Å². The third kappa shape index (κ3) is 3.05. The third-order valence-electron chi connectivity index (χ3n) is 2.45. The van der Waals surface area contributed by atoms with Gasteiger partial charge < -0.3 is 4.74 Å². The summed E-state index contributed by atoms with van der Waals surface area (Å²) in [6.45, 7) is 0.346. The fraction of sp³-hybridized carbons (Fsp3) is 0.417. The average molecular weight is 208 g/mol. The Kier molecular flexibility index (Phi) is 2.99. The number of rotatable bonds is 5. The van der Waals surface area contributed by atoms with Gasteiger partial charge in [0.25, 0.3) is 0 Å². The zero-order chi connectivity index (χ0) is 10.7. The molecular formula is C12H13FO2. The Labute approximate surface area is 88.1 Å². The monoisotopic (exact) mass is 208 g/mol. The molecule has 2 nitrogen and oxygen atoms in total. The molecule has 15 heavy (non-hydrogen) atoms. The van der Waals surface area contributed by atoms with Crippen LogP contribution in [0, 0.1) is 11.7 Å². The molecule has 0 atom stereocenters. The topological polar surface area (TPSA) is 26.3 Å². The lowest BCUT2D eigenvalue weighted by molar-refractivity contribution is -0.120. The number of ether oxygens (including phenoxy) is 1. The molecule has 0 radical (unpaired) electrons. The third-order valence-corrected chi connectivity index (χ3v) is 2.45. The van der Waals surface area contributed by atoms with Gasteiger partial charge in [0.1, 0.15) is 17.3 Å². The highest BCUT2D eigenvalue weighted by Crippen LogP contribution is 2.30. The Morgan fingerprint density at radius 3 is 2.93 bits per heavy atom.